The molecule has 0 saturated heterocycles. The van der Waals surface area contributed by atoms with Gasteiger partial charge in [0, 0.05) is 92.8 Å². The van der Waals surface area contributed by atoms with Crippen molar-refractivity contribution in [1.82, 2.24) is 10.6 Å². The van der Waals surface area contributed by atoms with Crippen LogP contribution >= 0.6 is 11.6 Å². The molecule has 0 aromatic heterocycles. The largest absolute Gasteiger partial charge is 0.373 e. The number of hydrogen-bond acceptors (Lipinski definition) is 9. The number of aliphatic imine (C=N–C) groups is 1. The van der Waals surface area contributed by atoms with Crippen LogP contribution in [-0.4, -0.2) is 108 Å². The smallest absolute Gasteiger partial charge is 0.294 e. The van der Waals surface area contributed by atoms with Crippen LogP contribution in [0.25, 0.3) is 0 Å². The number of anilines is 2. The van der Waals surface area contributed by atoms with Gasteiger partial charge in [-0.1, -0.05) is 58.1 Å². The molecule has 13 nitrogen and oxygen atoms in total. The molecule has 5 rings (SSSR count). The summed E-state index contributed by atoms with van der Waals surface area (Å²) in [4.78, 5) is 21.5. The third kappa shape index (κ3) is 13.1. The van der Waals surface area contributed by atoms with Crippen LogP contribution in [0.1, 0.15) is 76.5 Å². The van der Waals surface area contributed by atoms with Crippen molar-refractivity contribution >= 4 is 60.5 Å². The highest BCUT2D eigenvalue weighted by Crippen LogP contribution is 2.48. The molecule has 0 atom stereocenters. The van der Waals surface area contributed by atoms with Gasteiger partial charge in [-0.25, -0.2) is 0 Å². The Bertz CT molecular complexity index is 2480. The number of nitrogens with zero attached hydrogens (tertiary/aromatic N) is 4. The van der Waals surface area contributed by atoms with E-state index in [4.69, 9.17) is 16.6 Å². The fourth-order valence-electron chi connectivity index (χ4n) is 8.32. The lowest BCUT2D eigenvalue weighted by Gasteiger charge is -2.30. The van der Waals surface area contributed by atoms with Gasteiger partial charge in [0.15, 0.2) is 0 Å². The van der Waals surface area contributed by atoms with Crippen molar-refractivity contribution in [3.63, 3.8) is 0 Å². The molecular weight excluding hydrogens is 872 g/mol. The van der Waals surface area contributed by atoms with Crippen molar-refractivity contribution in [2.45, 2.75) is 87.0 Å². The number of benzene rings is 3. The van der Waals surface area contributed by atoms with E-state index in [1.165, 1.54) is 29.8 Å². The molecule has 0 saturated carbocycles. The minimum absolute atomic E-state index is 0.0238. The summed E-state index contributed by atoms with van der Waals surface area (Å²) in [6.45, 7) is 13.7. The van der Waals surface area contributed by atoms with E-state index in [1.807, 2.05) is 65.1 Å². The van der Waals surface area contributed by atoms with Gasteiger partial charge in [0.2, 0.25) is 5.91 Å². The number of fused-ring (bicyclic) bond motifs is 2. The number of nitrogens with one attached hydrogen (secondary N) is 2. The molecule has 16 heteroatoms. The van der Waals surface area contributed by atoms with Crippen LogP contribution in [0.3, 0.4) is 0 Å². The summed E-state index contributed by atoms with van der Waals surface area (Å²) >= 11 is 5.87. The van der Waals surface area contributed by atoms with E-state index in [9.17, 15) is 30.7 Å². The maximum atomic E-state index is 12.9. The van der Waals surface area contributed by atoms with Gasteiger partial charge in [0.1, 0.15) is 0 Å². The number of halogens is 1. The highest BCUT2D eigenvalue weighted by atomic mass is 35.5. The van der Waals surface area contributed by atoms with Crippen LogP contribution in [0, 0.1) is 0 Å². The van der Waals surface area contributed by atoms with E-state index in [2.05, 4.69) is 58.8 Å². The number of carbonyl (C=O) groups is 1. The lowest BCUT2D eigenvalue weighted by Crippen LogP contribution is -2.43. The molecule has 0 bridgehead atoms. The van der Waals surface area contributed by atoms with Gasteiger partial charge >= 0.3 is 0 Å². The van der Waals surface area contributed by atoms with Crippen LogP contribution in [0.5, 0.6) is 0 Å². The third-order valence-electron chi connectivity index (χ3n) is 12.3. The minimum atomic E-state index is -4.42. The highest BCUT2D eigenvalue weighted by molar-refractivity contribution is 7.86. The standard InChI is InChI=1S/C48H65ClN6O7S2/c1-47(2)40-33-38(63(57,58)59)22-24-42(40)52-44(47)15-9-8-10-16-45-48(3,4)41-34-39(64(60,61)62)23-25-43(41)54(45)29-12-11-17-46(56)51-28-14-32-55(6,7)31-13-27-50-35-36-18-20-37(21-19-36)53(5)30-26-49/h8-10,15-16,18-25,33-34,50H,11-14,17,26-32,35H2,1-7H3,(H2-,51,56,57,58,59,60,61,62)/p+1/b10-8+,15-9+,45-16+. The Labute approximate surface area is 386 Å². The molecule has 4 N–H and O–H groups in total. The van der Waals surface area contributed by atoms with Gasteiger partial charge in [-0.05, 0) is 90.2 Å². The number of carbonyl (C=O) groups excluding carboxylic acids is 1. The molecule has 0 fully saturated rings. The van der Waals surface area contributed by atoms with E-state index >= 15 is 0 Å². The van der Waals surface area contributed by atoms with Crippen molar-refractivity contribution in [2.24, 2.45) is 4.99 Å². The van der Waals surface area contributed by atoms with Crippen molar-refractivity contribution in [3.05, 3.63) is 113 Å². The topological polar surface area (TPSA) is 169 Å². The second-order valence-electron chi connectivity index (χ2n) is 18.4. The van der Waals surface area contributed by atoms with E-state index in [1.54, 1.807) is 12.1 Å². The van der Waals surface area contributed by atoms with Crippen molar-refractivity contribution in [3.8, 4) is 0 Å². The average Bonchev–Trinajstić information content (AvgIpc) is 3.60. The third-order valence-corrected chi connectivity index (χ3v) is 14.1. The van der Waals surface area contributed by atoms with E-state index in [0.29, 0.717) is 49.5 Å². The first-order valence-electron chi connectivity index (χ1n) is 21.9. The van der Waals surface area contributed by atoms with Crippen LogP contribution in [-0.2, 0) is 42.4 Å². The maximum absolute atomic E-state index is 12.9. The fourth-order valence-corrected chi connectivity index (χ4v) is 9.59. The summed E-state index contributed by atoms with van der Waals surface area (Å²) in [5, 5.41) is 6.66. The Balaban J connectivity index is 1.09. The van der Waals surface area contributed by atoms with Crippen LogP contribution in [0.4, 0.5) is 17.1 Å². The highest BCUT2D eigenvalue weighted by Gasteiger charge is 2.40. The minimum Gasteiger partial charge on any atom is -0.373 e. The molecule has 0 radical (unpaired) electrons. The van der Waals surface area contributed by atoms with Crippen LogP contribution in [0.15, 0.2) is 112 Å². The van der Waals surface area contributed by atoms with Crippen LogP contribution < -0.4 is 20.4 Å². The summed E-state index contributed by atoms with van der Waals surface area (Å²) in [5.41, 5.74) is 5.82. The number of alkyl halides is 1. The fraction of sp³-hybridized carbons (Fsp3) is 0.458. The van der Waals surface area contributed by atoms with E-state index < -0.39 is 31.1 Å². The van der Waals surface area contributed by atoms with Gasteiger partial charge in [0.25, 0.3) is 20.2 Å². The summed E-state index contributed by atoms with van der Waals surface area (Å²) in [6, 6.07) is 17.6. The number of rotatable bonds is 23. The Morgan fingerprint density at radius 3 is 2.12 bits per heavy atom. The Hall–Kier alpha value is -4.35. The second kappa shape index (κ2) is 21.3. The quantitative estimate of drug-likeness (QED) is 0.0241. The van der Waals surface area contributed by atoms with Gasteiger partial charge in [-0.15, -0.1) is 11.6 Å². The predicted molar refractivity (Wildman–Crippen MR) is 259 cm³/mol. The molecule has 2 aliphatic rings. The zero-order valence-corrected chi connectivity index (χ0v) is 40.7. The molecule has 0 spiro atoms. The molecule has 2 heterocycles. The molecular formula is C48H66ClN6O7S2+. The molecule has 1 amide bonds. The number of unbranched alkanes of at least 4 members (excludes halogenated alkanes) is 1. The zero-order chi connectivity index (χ0) is 46.9. The summed E-state index contributed by atoms with van der Waals surface area (Å²) < 4.78 is 68.0. The molecule has 3 aromatic rings. The molecule has 64 heavy (non-hydrogen) atoms. The summed E-state index contributed by atoms with van der Waals surface area (Å²) in [5.74, 6) is 0.624. The lowest BCUT2D eigenvalue weighted by molar-refractivity contribution is -0.890. The molecule has 0 unspecified atom stereocenters. The first-order valence-corrected chi connectivity index (χ1v) is 25.3. The molecule has 0 aliphatic carbocycles. The Morgan fingerprint density at radius 2 is 1.47 bits per heavy atom. The monoisotopic (exact) mass is 937 g/mol. The zero-order valence-electron chi connectivity index (χ0n) is 38.3. The van der Waals surface area contributed by atoms with Gasteiger partial charge in [-0.2, -0.15) is 16.8 Å². The maximum Gasteiger partial charge on any atom is 0.294 e. The van der Waals surface area contributed by atoms with Gasteiger partial charge in [-0.3, -0.25) is 18.9 Å². The normalized spacial score (nSPS) is 16.4. The SMILES string of the molecule is CN(CCCl)c1ccc(CNCCC[N+](C)(C)CCCNC(=O)CCCCN2/C(=C/C=C/C=C/C3=Nc4ccc(S(=O)(=O)O)cc4C3(C)C)C(C)(C)c3cc(S(=O)(=O)O)ccc32)cc1. The molecule has 3 aromatic carbocycles. The van der Waals surface area contributed by atoms with Crippen molar-refractivity contribution < 1.29 is 35.2 Å². The van der Waals surface area contributed by atoms with Crippen LogP contribution in [0.2, 0.25) is 0 Å². The molecule has 2 aliphatic heterocycles. The van der Waals surface area contributed by atoms with Crippen molar-refractivity contribution in [2.75, 3.05) is 76.1 Å². The Morgan fingerprint density at radius 1 is 0.828 bits per heavy atom. The first-order chi connectivity index (χ1) is 30.0. The number of allylic oxidation sites excluding steroid dienone is 6. The van der Waals surface area contributed by atoms with E-state index in [-0.39, 0.29) is 15.7 Å². The number of hydrogen-bond donors (Lipinski definition) is 4. The number of amides is 1. The van der Waals surface area contributed by atoms with Crippen molar-refractivity contribution in [1.29, 1.82) is 0 Å². The summed E-state index contributed by atoms with van der Waals surface area (Å²) in [6.07, 6.45) is 13.2. The first kappa shape index (κ1) is 50.6. The summed E-state index contributed by atoms with van der Waals surface area (Å²) in [7, 11) is -2.27. The lowest BCUT2D eigenvalue weighted by atomic mass is 9.81. The van der Waals surface area contributed by atoms with E-state index in [0.717, 1.165) is 78.4 Å². The second-order valence-corrected chi connectivity index (χ2v) is 21.6. The molecule has 348 valence electrons. The van der Waals surface area contributed by atoms with Gasteiger partial charge in [0.05, 0.1) is 48.4 Å². The average molecular weight is 939 g/mol. The number of quaternary nitrogens is 1. The Kier molecular flexibility index (Phi) is 16.9. The predicted octanol–water partition coefficient (Wildman–Crippen LogP) is 7.95. The van der Waals surface area contributed by atoms with Gasteiger partial charge < -0.3 is 24.9 Å².